The number of nitrogens with one attached hydrogen (secondary N) is 1. The van der Waals surface area contributed by atoms with Crippen LogP contribution in [0.15, 0.2) is 23.4 Å². The van der Waals surface area contributed by atoms with Gasteiger partial charge in [0, 0.05) is 18.6 Å². The van der Waals surface area contributed by atoms with Gasteiger partial charge in [-0.25, -0.2) is 4.98 Å². The van der Waals surface area contributed by atoms with Crippen molar-refractivity contribution in [3.8, 4) is 0 Å². The first kappa shape index (κ1) is 15.3. The molecule has 2 unspecified atom stereocenters. The van der Waals surface area contributed by atoms with Crippen molar-refractivity contribution in [2.24, 2.45) is 0 Å². The van der Waals surface area contributed by atoms with Gasteiger partial charge in [-0.3, -0.25) is 0 Å². The molecule has 0 bridgehead atoms. The van der Waals surface area contributed by atoms with Crippen molar-refractivity contribution in [1.82, 2.24) is 10.3 Å². The minimum absolute atomic E-state index is 0.376. The molecular weight excluding hydrogens is 329 g/mol. The predicted molar refractivity (Wildman–Crippen MR) is 89.3 cm³/mol. The maximum atomic E-state index is 6.08. The minimum atomic E-state index is 0.376. The summed E-state index contributed by atoms with van der Waals surface area (Å²) >= 11 is 18.1. The van der Waals surface area contributed by atoms with Crippen LogP contribution in [0.3, 0.4) is 0 Å². The van der Waals surface area contributed by atoms with Crippen LogP contribution in [0.2, 0.25) is 10.2 Å². The Labute approximate surface area is 140 Å². The molecule has 3 rings (SSSR count). The average Bonchev–Trinajstić information content (AvgIpc) is 2.90. The van der Waals surface area contributed by atoms with E-state index in [9.17, 15) is 0 Å². The van der Waals surface area contributed by atoms with Gasteiger partial charge in [-0.15, -0.1) is 0 Å². The van der Waals surface area contributed by atoms with Crippen molar-refractivity contribution in [3.05, 3.63) is 33.5 Å². The normalized spacial score (nSPS) is 25.7. The third-order valence-corrected chi connectivity index (χ3v) is 5.15. The number of pyridine rings is 1. The van der Waals surface area contributed by atoms with E-state index >= 15 is 0 Å². The number of aromatic nitrogens is 1. The zero-order valence-corrected chi connectivity index (χ0v) is 13.9. The summed E-state index contributed by atoms with van der Waals surface area (Å²) in [5.74, 6) is 0.921. The van der Waals surface area contributed by atoms with E-state index < -0.39 is 0 Å². The summed E-state index contributed by atoms with van der Waals surface area (Å²) in [7, 11) is 0. The van der Waals surface area contributed by atoms with Crippen LogP contribution >= 0.6 is 34.8 Å². The van der Waals surface area contributed by atoms with Gasteiger partial charge in [-0.1, -0.05) is 34.8 Å². The molecule has 0 saturated carbocycles. The van der Waals surface area contributed by atoms with Crippen LogP contribution in [0.25, 0.3) is 0 Å². The van der Waals surface area contributed by atoms with E-state index in [0.29, 0.717) is 22.3 Å². The minimum Gasteiger partial charge on any atom is -0.373 e. The van der Waals surface area contributed by atoms with Gasteiger partial charge in [0.15, 0.2) is 0 Å². The molecule has 0 amide bonds. The second kappa shape index (κ2) is 6.64. The first-order chi connectivity index (χ1) is 10.1. The second-order valence-corrected chi connectivity index (χ2v) is 6.81. The fraction of sp³-hybridized carbons (Fsp3) is 0.533. The molecule has 3 nitrogen and oxygen atoms in total. The molecule has 1 saturated heterocycles. The zero-order valence-electron chi connectivity index (χ0n) is 11.7. The summed E-state index contributed by atoms with van der Waals surface area (Å²) in [5.41, 5.74) is 0. The topological polar surface area (TPSA) is 28.2 Å². The summed E-state index contributed by atoms with van der Waals surface area (Å²) < 4.78 is 0. The van der Waals surface area contributed by atoms with Crippen molar-refractivity contribution in [2.75, 3.05) is 11.4 Å². The summed E-state index contributed by atoms with van der Waals surface area (Å²) in [6, 6.07) is 4.69. The maximum Gasteiger partial charge on any atom is 0.150 e. The maximum absolute atomic E-state index is 6.08. The highest BCUT2D eigenvalue weighted by Gasteiger charge is 2.29. The molecular formula is C15H18Cl3N3. The number of allylic oxidation sites excluding steroid dienone is 1. The monoisotopic (exact) mass is 345 g/mol. The largest absolute Gasteiger partial charge is 0.373 e. The van der Waals surface area contributed by atoms with E-state index in [0.717, 1.165) is 36.8 Å². The lowest BCUT2D eigenvalue weighted by molar-refractivity contribution is 0.438. The number of rotatable bonds is 3. The Morgan fingerprint density at radius 1 is 1.24 bits per heavy atom. The lowest BCUT2D eigenvalue weighted by Gasteiger charge is -2.31. The molecule has 3 heterocycles. The lowest BCUT2D eigenvalue weighted by atomic mass is 9.99. The Morgan fingerprint density at radius 2 is 2.10 bits per heavy atom. The molecule has 1 aromatic rings. The van der Waals surface area contributed by atoms with E-state index in [-0.39, 0.29) is 0 Å². The molecule has 21 heavy (non-hydrogen) atoms. The Balaban J connectivity index is 1.70. The Morgan fingerprint density at radius 3 is 2.86 bits per heavy atom. The van der Waals surface area contributed by atoms with Crippen molar-refractivity contribution in [1.29, 1.82) is 0 Å². The van der Waals surface area contributed by atoms with Gasteiger partial charge in [-0.05, 0) is 50.3 Å². The standard InChI is InChI=1S/C15H18Cl3N3/c16-12-6-7-14(20-15(12)18)21-8-2-4-11(21)9-10-3-1-5-13(17)19-10/h5-7,10-11,19H,1-4,8-9H2. The average molecular weight is 347 g/mol. The Bertz CT molecular complexity index is 547. The van der Waals surface area contributed by atoms with Gasteiger partial charge >= 0.3 is 0 Å². The third kappa shape index (κ3) is 3.58. The Hall–Kier alpha value is -0.640. The van der Waals surface area contributed by atoms with Gasteiger partial charge in [-0.2, -0.15) is 0 Å². The molecule has 1 aromatic heterocycles. The number of hydrogen-bond donors (Lipinski definition) is 1. The SMILES string of the molecule is ClC1=CCCC(CC2CCCN2c2ccc(Cl)c(Cl)n2)N1. The summed E-state index contributed by atoms with van der Waals surface area (Å²) in [6.45, 7) is 1.02. The summed E-state index contributed by atoms with van der Waals surface area (Å²) in [5, 5.41) is 5.03. The second-order valence-electron chi connectivity index (χ2n) is 5.64. The first-order valence-corrected chi connectivity index (χ1v) is 8.48. The quantitative estimate of drug-likeness (QED) is 0.641. The number of anilines is 1. The van der Waals surface area contributed by atoms with Crippen LogP contribution in [0.5, 0.6) is 0 Å². The van der Waals surface area contributed by atoms with Gasteiger partial charge in [0.2, 0.25) is 0 Å². The van der Waals surface area contributed by atoms with E-state index in [2.05, 4.69) is 15.2 Å². The van der Waals surface area contributed by atoms with Crippen LogP contribution < -0.4 is 10.2 Å². The van der Waals surface area contributed by atoms with Crippen molar-refractivity contribution < 1.29 is 0 Å². The fourth-order valence-corrected chi connectivity index (χ4v) is 3.71. The van der Waals surface area contributed by atoms with Crippen molar-refractivity contribution >= 4 is 40.6 Å². The van der Waals surface area contributed by atoms with Crippen LogP contribution in [-0.2, 0) is 0 Å². The van der Waals surface area contributed by atoms with Crippen molar-refractivity contribution in [3.63, 3.8) is 0 Å². The molecule has 1 N–H and O–H groups in total. The van der Waals surface area contributed by atoms with Gasteiger partial charge in [0.05, 0.1) is 10.2 Å². The lowest BCUT2D eigenvalue weighted by Crippen LogP contribution is -2.38. The first-order valence-electron chi connectivity index (χ1n) is 7.34. The number of nitrogens with zero attached hydrogens (tertiary/aromatic N) is 2. The molecule has 0 aliphatic carbocycles. The van der Waals surface area contributed by atoms with Gasteiger partial charge < -0.3 is 10.2 Å². The highest BCUT2D eigenvalue weighted by Crippen LogP contribution is 2.31. The van der Waals surface area contributed by atoms with Crippen LogP contribution in [-0.4, -0.2) is 23.6 Å². The van der Waals surface area contributed by atoms with E-state index in [1.54, 1.807) is 0 Å². The molecule has 0 radical (unpaired) electrons. The molecule has 0 spiro atoms. The molecule has 2 aliphatic rings. The van der Waals surface area contributed by atoms with E-state index in [1.807, 2.05) is 18.2 Å². The van der Waals surface area contributed by atoms with E-state index in [1.165, 1.54) is 12.8 Å². The molecule has 0 aromatic carbocycles. The summed E-state index contributed by atoms with van der Waals surface area (Å²) in [4.78, 5) is 6.76. The fourth-order valence-electron chi connectivity index (χ4n) is 3.19. The highest BCUT2D eigenvalue weighted by atomic mass is 35.5. The molecule has 6 heteroatoms. The molecule has 114 valence electrons. The zero-order chi connectivity index (χ0) is 14.8. The molecule has 1 fully saturated rings. The number of halogens is 3. The Kier molecular flexibility index (Phi) is 4.82. The van der Waals surface area contributed by atoms with Crippen LogP contribution in [0, 0.1) is 0 Å². The number of hydrogen-bond acceptors (Lipinski definition) is 3. The molecule has 2 aliphatic heterocycles. The predicted octanol–water partition coefficient (Wildman–Crippen LogP) is 4.58. The third-order valence-electron chi connectivity index (χ3n) is 4.20. The smallest absolute Gasteiger partial charge is 0.150 e. The van der Waals surface area contributed by atoms with Gasteiger partial charge in [0.25, 0.3) is 0 Å². The highest BCUT2D eigenvalue weighted by molar-refractivity contribution is 6.41. The van der Waals surface area contributed by atoms with Gasteiger partial charge in [0.1, 0.15) is 11.0 Å². The van der Waals surface area contributed by atoms with Crippen LogP contribution in [0.1, 0.15) is 32.1 Å². The van der Waals surface area contributed by atoms with Crippen molar-refractivity contribution in [2.45, 2.75) is 44.2 Å². The summed E-state index contributed by atoms with van der Waals surface area (Å²) in [6.07, 6.45) is 7.67. The van der Waals surface area contributed by atoms with Crippen LogP contribution in [0.4, 0.5) is 5.82 Å². The molecule has 2 atom stereocenters. The van der Waals surface area contributed by atoms with E-state index in [4.69, 9.17) is 34.8 Å².